The molecule has 0 bridgehead atoms. The third-order valence-electron chi connectivity index (χ3n) is 3.45. The molecule has 17 heavy (non-hydrogen) atoms. The van der Waals surface area contributed by atoms with Gasteiger partial charge in [0.1, 0.15) is 5.82 Å². The van der Waals surface area contributed by atoms with Crippen molar-refractivity contribution in [1.29, 1.82) is 0 Å². The summed E-state index contributed by atoms with van der Waals surface area (Å²) in [6.07, 6.45) is 5.44. The maximum absolute atomic E-state index is 13.0. The molecule has 1 atom stereocenters. The van der Waals surface area contributed by atoms with E-state index in [1.54, 1.807) is 12.3 Å². The maximum Gasteiger partial charge on any atom is 0.141 e. The van der Waals surface area contributed by atoms with E-state index in [1.807, 2.05) is 0 Å². The molecule has 94 valence electrons. The third-order valence-corrected chi connectivity index (χ3v) is 4.20. The SMILES string of the molecule is CC(Br)C1CCN(Cc2cncc(F)c2)CC1. The van der Waals surface area contributed by atoms with Crippen LogP contribution in [-0.2, 0) is 6.54 Å². The first kappa shape index (κ1) is 13.0. The lowest BCUT2D eigenvalue weighted by Gasteiger charge is -2.33. The van der Waals surface area contributed by atoms with Crippen LogP contribution in [0.15, 0.2) is 18.5 Å². The average molecular weight is 301 g/mol. The lowest BCUT2D eigenvalue weighted by molar-refractivity contribution is 0.178. The van der Waals surface area contributed by atoms with E-state index in [0.717, 1.165) is 31.1 Å². The van der Waals surface area contributed by atoms with Crippen molar-refractivity contribution in [3.8, 4) is 0 Å². The summed E-state index contributed by atoms with van der Waals surface area (Å²) in [6.45, 7) is 5.22. The molecular weight excluding hydrogens is 283 g/mol. The van der Waals surface area contributed by atoms with Crippen LogP contribution in [0.3, 0.4) is 0 Å². The zero-order chi connectivity index (χ0) is 12.3. The number of pyridine rings is 1. The van der Waals surface area contributed by atoms with Crippen molar-refractivity contribution in [3.05, 3.63) is 29.8 Å². The molecule has 0 saturated carbocycles. The second-order valence-corrected chi connectivity index (χ2v) is 6.25. The highest BCUT2D eigenvalue weighted by Crippen LogP contribution is 2.25. The van der Waals surface area contributed by atoms with Crippen LogP contribution in [0.5, 0.6) is 0 Å². The van der Waals surface area contributed by atoms with Crippen LogP contribution in [-0.4, -0.2) is 27.8 Å². The van der Waals surface area contributed by atoms with Gasteiger partial charge in [0, 0.05) is 17.6 Å². The number of likely N-dealkylation sites (tertiary alicyclic amines) is 1. The van der Waals surface area contributed by atoms with Crippen LogP contribution in [0.1, 0.15) is 25.3 Å². The van der Waals surface area contributed by atoms with Crippen LogP contribution >= 0.6 is 15.9 Å². The Hall–Kier alpha value is -0.480. The second-order valence-electron chi connectivity index (χ2n) is 4.80. The van der Waals surface area contributed by atoms with Crippen molar-refractivity contribution in [1.82, 2.24) is 9.88 Å². The van der Waals surface area contributed by atoms with Gasteiger partial charge in [-0.05, 0) is 43.5 Å². The fraction of sp³-hybridized carbons (Fsp3) is 0.615. The molecule has 0 amide bonds. The first-order valence-electron chi connectivity index (χ1n) is 6.11. The topological polar surface area (TPSA) is 16.1 Å². The highest BCUT2D eigenvalue weighted by molar-refractivity contribution is 9.09. The predicted molar refractivity (Wildman–Crippen MR) is 70.6 cm³/mol. The number of aromatic nitrogens is 1. The molecule has 2 nitrogen and oxygen atoms in total. The van der Waals surface area contributed by atoms with Crippen LogP contribution in [0.2, 0.25) is 0 Å². The van der Waals surface area contributed by atoms with Gasteiger partial charge in [0.05, 0.1) is 6.20 Å². The summed E-state index contributed by atoms with van der Waals surface area (Å²) in [7, 11) is 0. The number of piperidine rings is 1. The quantitative estimate of drug-likeness (QED) is 0.797. The molecular formula is C13H18BrFN2. The Morgan fingerprint density at radius 2 is 2.18 bits per heavy atom. The molecule has 1 aliphatic rings. The molecule has 0 radical (unpaired) electrons. The molecule has 4 heteroatoms. The van der Waals surface area contributed by atoms with E-state index < -0.39 is 0 Å². The molecule has 2 heterocycles. The van der Waals surface area contributed by atoms with Crippen molar-refractivity contribution < 1.29 is 4.39 Å². The van der Waals surface area contributed by atoms with Gasteiger partial charge in [-0.2, -0.15) is 0 Å². The lowest BCUT2D eigenvalue weighted by Crippen LogP contribution is -2.35. The summed E-state index contributed by atoms with van der Waals surface area (Å²) < 4.78 is 13.0. The molecule has 2 rings (SSSR count). The Balaban J connectivity index is 1.86. The minimum absolute atomic E-state index is 0.244. The summed E-state index contributed by atoms with van der Waals surface area (Å²) in [6, 6.07) is 1.58. The number of hydrogen-bond donors (Lipinski definition) is 0. The molecule has 1 unspecified atom stereocenters. The summed E-state index contributed by atoms with van der Waals surface area (Å²) in [4.78, 5) is 6.86. The van der Waals surface area contributed by atoms with Crippen LogP contribution < -0.4 is 0 Å². The summed E-state index contributed by atoms with van der Waals surface area (Å²) >= 11 is 3.65. The first-order valence-corrected chi connectivity index (χ1v) is 7.02. The van der Waals surface area contributed by atoms with E-state index in [2.05, 4.69) is 32.7 Å². The number of rotatable bonds is 3. The number of hydrogen-bond acceptors (Lipinski definition) is 2. The zero-order valence-corrected chi connectivity index (χ0v) is 11.7. The van der Waals surface area contributed by atoms with Gasteiger partial charge in [-0.25, -0.2) is 4.39 Å². The van der Waals surface area contributed by atoms with Crippen LogP contribution in [0.25, 0.3) is 0 Å². The normalized spacial score (nSPS) is 20.4. The van der Waals surface area contributed by atoms with Crippen molar-refractivity contribution in [2.75, 3.05) is 13.1 Å². The molecule has 1 aromatic heterocycles. The predicted octanol–water partition coefficient (Wildman–Crippen LogP) is 3.22. The Labute approximate surface area is 110 Å². The minimum atomic E-state index is -0.244. The fourth-order valence-electron chi connectivity index (χ4n) is 2.37. The van der Waals surface area contributed by atoms with Gasteiger partial charge in [-0.15, -0.1) is 0 Å². The smallest absolute Gasteiger partial charge is 0.141 e. The summed E-state index contributed by atoms with van der Waals surface area (Å²) in [5, 5.41) is 0. The van der Waals surface area contributed by atoms with Gasteiger partial charge in [0.2, 0.25) is 0 Å². The van der Waals surface area contributed by atoms with Crippen LogP contribution in [0.4, 0.5) is 4.39 Å². The highest BCUT2D eigenvalue weighted by Gasteiger charge is 2.22. The Morgan fingerprint density at radius 3 is 2.76 bits per heavy atom. The van der Waals surface area contributed by atoms with E-state index in [9.17, 15) is 4.39 Å². The van der Waals surface area contributed by atoms with Gasteiger partial charge in [-0.1, -0.05) is 22.9 Å². The number of nitrogens with zero attached hydrogens (tertiary/aromatic N) is 2. The van der Waals surface area contributed by atoms with Crippen molar-refractivity contribution >= 4 is 15.9 Å². The standard InChI is InChI=1S/C13H18BrFN2/c1-10(14)12-2-4-17(5-3-12)9-11-6-13(15)8-16-7-11/h6-8,10,12H,2-5,9H2,1H3. The number of alkyl halides is 1. The number of halogens is 2. The Kier molecular flexibility index (Phi) is 4.51. The molecule has 1 fully saturated rings. The Morgan fingerprint density at radius 1 is 1.47 bits per heavy atom. The van der Waals surface area contributed by atoms with E-state index >= 15 is 0 Å². The highest BCUT2D eigenvalue weighted by atomic mass is 79.9. The molecule has 1 aromatic rings. The fourth-order valence-corrected chi connectivity index (χ4v) is 2.90. The largest absolute Gasteiger partial charge is 0.299 e. The van der Waals surface area contributed by atoms with Crippen LogP contribution in [0, 0.1) is 11.7 Å². The molecule has 0 N–H and O–H groups in total. The average Bonchev–Trinajstić information content (AvgIpc) is 2.29. The van der Waals surface area contributed by atoms with Crippen molar-refractivity contribution in [2.45, 2.75) is 31.1 Å². The monoisotopic (exact) mass is 300 g/mol. The van der Waals surface area contributed by atoms with Gasteiger partial charge in [0.25, 0.3) is 0 Å². The summed E-state index contributed by atoms with van der Waals surface area (Å²) in [5.41, 5.74) is 0.968. The molecule has 0 aromatic carbocycles. The minimum Gasteiger partial charge on any atom is -0.299 e. The molecule has 0 aliphatic carbocycles. The third kappa shape index (κ3) is 3.75. The van der Waals surface area contributed by atoms with Crippen molar-refractivity contribution in [2.24, 2.45) is 5.92 Å². The molecule has 1 saturated heterocycles. The maximum atomic E-state index is 13.0. The van der Waals surface area contributed by atoms with E-state index in [1.165, 1.54) is 19.0 Å². The van der Waals surface area contributed by atoms with E-state index in [0.29, 0.717) is 4.83 Å². The van der Waals surface area contributed by atoms with E-state index in [4.69, 9.17) is 0 Å². The molecule has 1 aliphatic heterocycles. The Bertz CT molecular complexity index is 362. The zero-order valence-electron chi connectivity index (χ0n) is 10.1. The second kappa shape index (κ2) is 5.91. The van der Waals surface area contributed by atoms with Gasteiger partial charge >= 0.3 is 0 Å². The summed E-state index contributed by atoms with van der Waals surface area (Å²) in [5.74, 6) is 0.531. The van der Waals surface area contributed by atoms with Gasteiger partial charge in [0.15, 0.2) is 0 Å². The molecule has 0 spiro atoms. The van der Waals surface area contributed by atoms with Crippen molar-refractivity contribution in [3.63, 3.8) is 0 Å². The van der Waals surface area contributed by atoms with Gasteiger partial charge < -0.3 is 0 Å². The first-order chi connectivity index (χ1) is 8.15. The van der Waals surface area contributed by atoms with Gasteiger partial charge in [-0.3, -0.25) is 9.88 Å². The van der Waals surface area contributed by atoms with E-state index in [-0.39, 0.29) is 5.82 Å². The lowest BCUT2D eigenvalue weighted by atomic mass is 9.94.